The van der Waals surface area contributed by atoms with Crippen LogP contribution < -0.4 is 20.3 Å². The van der Waals surface area contributed by atoms with Gasteiger partial charge in [0.25, 0.3) is 11.8 Å². The van der Waals surface area contributed by atoms with E-state index in [0.29, 0.717) is 22.6 Å². The molecule has 2 aromatic carbocycles. The fraction of sp³-hybridized carbons (Fsp3) is 0.176. The van der Waals surface area contributed by atoms with E-state index in [-0.39, 0.29) is 17.9 Å². The number of benzene rings is 2. The van der Waals surface area contributed by atoms with Gasteiger partial charge in [0.1, 0.15) is 5.75 Å². The highest BCUT2D eigenvalue weighted by atomic mass is 79.9. The van der Waals surface area contributed by atoms with Gasteiger partial charge in [-0.1, -0.05) is 28.1 Å². The third kappa shape index (κ3) is 5.39. The fourth-order valence-electron chi connectivity index (χ4n) is 1.91. The van der Waals surface area contributed by atoms with E-state index in [1.807, 2.05) is 6.92 Å². The van der Waals surface area contributed by atoms with Crippen LogP contribution in [0, 0.1) is 0 Å². The van der Waals surface area contributed by atoms with Crippen LogP contribution in [-0.2, 0) is 4.79 Å². The van der Waals surface area contributed by atoms with Gasteiger partial charge in [-0.05, 0) is 37.3 Å². The molecule has 0 saturated heterocycles. The van der Waals surface area contributed by atoms with Crippen molar-refractivity contribution in [2.24, 2.45) is 0 Å². The molecule has 0 radical (unpaired) electrons. The van der Waals surface area contributed by atoms with Crippen molar-refractivity contribution >= 4 is 27.7 Å². The molecular weight excluding hydrogens is 392 g/mol. The van der Waals surface area contributed by atoms with Crippen molar-refractivity contribution in [2.75, 3.05) is 13.2 Å². The molecule has 0 aliphatic rings. The number of phenols is 1. The van der Waals surface area contributed by atoms with Crippen molar-refractivity contribution in [1.29, 1.82) is 0 Å². The second-order valence-electron chi connectivity index (χ2n) is 4.83. The van der Waals surface area contributed by atoms with Crippen LogP contribution in [0.4, 0.5) is 0 Å². The minimum Gasteiger partial charge on any atom is -0.507 e. The summed E-state index contributed by atoms with van der Waals surface area (Å²) in [5, 5.41) is 9.72. The molecule has 2 amide bonds. The predicted octanol–water partition coefficient (Wildman–Crippen LogP) is 2.39. The Morgan fingerprint density at radius 2 is 1.76 bits per heavy atom. The molecule has 2 aromatic rings. The molecule has 7 nitrogen and oxygen atoms in total. The maximum atomic E-state index is 11.9. The van der Waals surface area contributed by atoms with Gasteiger partial charge < -0.3 is 14.6 Å². The molecule has 0 aromatic heterocycles. The molecule has 25 heavy (non-hydrogen) atoms. The highest BCUT2D eigenvalue weighted by molar-refractivity contribution is 9.10. The SMILES string of the molecule is CCOc1ccccc1OCC(=O)NNC(=O)c1ccc(Br)cc1O. The number of hydrogen-bond donors (Lipinski definition) is 3. The first-order valence-electron chi connectivity index (χ1n) is 7.43. The van der Waals surface area contributed by atoms with Gasteiger partial charge in [0.05, 0.1) is 12.2 Å². The zero-order chi connectivity index (χ0) is 18.2. The molecule has 0 spiro atoms. The first-order chi connectivity index (χ1) is 12.0. The van der Waals surface area contributed by atoms with Crippen molar-refractivity contribution in [1.82, 2.24) is 10.9 Å². The molecule has 132 valence electrons. The molecule has 0 fully saturated rings. The molecule has 0 saturated carbocycles. The average molecular weight is 409 g/mol. The van der Waals surface area contributed by atoms with Crippen molar-refractivity contribution < 1.29 is 24.2 Å². The summed E-state index contributed by atoms with van der Waals surface area (Å²) in [5.74, 6) is -0.453. The van der Waals surface area contributed by atoms with Gasteiger partial charge >= 0.3 is 0 Å². The number of rotatable bonds is 6. The van der Waals surface area contributed by atoms with E-state index < -0.39 is 11.8 Å². The fourth-order valence-corrected chi connectivity index (χ4v) is 2.26. The standard InChI is InChI=1S/C17H17BrN2O5/c1-2-24-14-5-3-4-6-15(14)25-10-16(22)19-20-17(23)12-8-7-11(18)9-13(12)21/h3-9,21H,2,10H2,1H3,(H,19,22)(H,20,23). The number of carbonyl (C=O) groups excluding carboxylic acids is 2. The molecule has 0 atom stereocenters. The van der Waals surface area contributed by atoms with E-state index in [1.165, 1.54) is 12.1 Å². The Kier molecular flexibility index (Phi) is 6.64. The highest BCUT2D eigenvalue weighted by Crippen LogP contribution is 2.26. The monoisotopic (exact) mass is 408 g/mol. The number of para-hydroxylation sites is 2. The van der Waals surface area contributed by atoms with Gasteiger partial charge in [-0.15, -0.1) is 0 Å². The number of hydrogen-bond acceptors (Lipinski definition) is 5. The van der Waals surface area contributed by atoms with Gasteiger partial charge in [0.15, 0.2) is 18.1 Å². The topological polar surface area (TPSA) is 96.9 Å². The Hall–Kier alpha value is -2.74. The number of amides is 2. The minimum absolute atomic E-state index is 0.0334. The smallest absolute Gasteiger partial charge is 0.276 e. The number of hydrazine groups is 1. The normalized spacial score (nSPS) is 10.0. The van der Waals surface area contributed by atoms with Crippen molar-refractivity contribution in [3.8, 4) is 17.2 Å². The van der Waals surface area contributed by atoms with Crippen LogP contribution in [0.15, 0.2) is 46.9 Å². The second kappa shape index (κ2) is 8.93. The maximum absolute atomic E-state index is 11.9. The summed E-state index contributed by atoms with van der Waals surface area (Å²) in [6, 6.07) is 11.4. The lowest BCUT2D eigenvalue weighted by Crippen LogP contribution is -2.43. The summed E-state index contributed by atoms with van der Waals surface area (Å²) in [4.78, 5) is 23.7. The molecule has 0 aliphatic heterocycles. The molecular formula is C17H17BrN2O5. The zero-order valence-corrected chi connectivity index (χ0v) is 15.0. The summed E-state index contributed by atoms with van der Waals surface area (Å²) in [7, 11) is 0. The molecule has 2 rings (SSSR count). The lowest BCUT2D eigenvalue weighted by atomic mass is 10.2. The van der Waals surface area contributed by atoms with Crippen molar-refractivity contribution in [3.63, 3.8) is 0 Å². The number of phenolic OH excluding ortho intramolecular Hbond substituents is 1. The molecule has 0 aliphatic carbocycles. The van der Waals surface area contributed by atoms with E-state index in [9.17, 15) is 14.7 Å². The summed E-state index contributed by atoms with van der Waals surface area (Å²) in [6.45, 7) is 2.01. The molecule has 0 heterocycles. The summed E-state index contributed by atoms with van der Waals surface area (Å²) >= 11 is 3.18. The lowest BCUT2D eigenvalue weighted by molar-refractivity contribution is -0.123. The van der Waals surface area contributed by atoms with Gasteiger partial charge in [-0.2, -0.15) is 0 Å². The third-order valence-electron chi connectivity index (χ3n) is 3.03. The quantitative estimate of drug-likeness (QED) is 0.637. The molecule has 8 heteroatoms. The molecule has 0 unspecified atom stereocenters. The number of aromatic hydroxyl groups is 1. The van der Waals surface area contributed by atoms with E-state index in [2.05, 4.69) is 26.8 Å². The van der Waals surface area contributed by atoms with Gasteiger partial charge in [-0.25, -0.2) is 0 Å². The number of ether oxygens (including phenoxy) is 2. The zero-order valence-electron chi connectivity index (χ0n) is 13.4. The summed E-state index contributed by atoms with van der Waals surface area (Å²) < 4.78 is 11.4. The largest absolute Gasteiger partial charge is 0.507 e. The van der Waals surface area contributed by atoms with E-state index in [1.54, 1.807) is 30.3 Å². The van der Waals surface area contributed by atoms with E-state index in [4.69, 9.17) is 9.47 Å². The van der Waals surface area contributed by atoms with Crippen LogP contribution in [0.25, 0.3) is 0 Å². The van der Waals surface area contributed by atoms with E-state index in [0.717, 1.165) is 0 Å². The summed E-state index contributed by atoms with van der Waals surface area (Å²) in [5.41, 5.74) is 4.46. The Balaban J connectivity index is 1.86. The van der Waals surface area contributed by atoms with Gasteiger partial charge in [0.2, 0.25) is 0 Å². The Morgan fingerprint density at radius 3 is 2.40 bits per heavy atom. The Bertz CT molecular complexity index is 766. The van der Waals surface area contributed by atoms with Crippen molar-refractivity contribution in [2.45, 2.75) is 6.92 Å². The number of nitrogens with one attached hydrogen (secondary N) is 2. The summed E-state index contributed by atoms with van der Waals surface area (Å²) in [6.07, 6.45) is 0. The van der Waals surface area contributed by atoms with Gasteiger partial charge in [-0.3, -0.25) is 20.4 Å². The maximum Gasteiger partial charge on any atom is 0.276 e. The average Bonchev–Trinajstić information content (AvgIpc) is 2.59. The van der Waals surface area contributed by atoms with Crippen LogP contribution >= 0.6 is 15.9 Å². The molecule has 3 N–H and O–H groups in total. The number of carbonyl (C=O) groups is 2. The Morgan fingerprint density at radius 1 is 1.08 bits per heavy atom. The number of halogens is 1. The first kappa shape index (κ1) is 18.6. The highest BCUT2D eigenvalue weighted by Gasteiger charge is 2.13. The van der Waals surface area contributed by atoms with Crippen molar-refractivity contribution in [3.05, 3.63) is 52.5 Å². The van der Waals surface area contributed by atoms with Crippen LogP contribution in [0.2, 0.25) is 0 Å². The first-order valence-corrected chi connectivity index (χ1v) is 8.23. The predicted molar refractivity (Wildman–Crippen MR) is 94.5 cm³/mol. The van der Waals surface area contributed by atoms with E-state index >= 15 is 0 Å². The van der Waals surface area contributed by atoms with Crippen LogP contribution in [0.1, 0.15) is 17.3 Å². The minimum atomic E-state index is -0.645. The van der Waals surface area contributed by atoms with Crippen LogP contribution in [0.5, 0.6) is 17.2 Å². The lowest BCUT2D eigenvalue weighted by Gasteiger charge is -2.12. The van der Waals surface area contributed by atoms with Crippen LogP contribution in [0.3, 0.4) is 0 Å². The third-order valence-corrected chi connectivity index (χ3v) is 3.52. The van der Waals surface area contributed by atoms with Crippen LogP contribution in [-0.4, -0.2) is 30.1 Å². The molecule has 0 bridgehead atoms. The van der Waals surface area contributed by atoms with Gasteiger partial charge in [0, 0.05) is 4.47 Å². The Labute approximate surface area is 153 Å². The second-order valence-corrected chi connectivity index (χ2v) is 5.75.